The van der Waals surface area contributed by atoms with Crippen molar-refractivity contribution >= 4 is 17.7 Å². The van der Waals surface area contributed by atoms with Gasteiger partial charge in [-0.25, -0.2) is 4.98 Å². The SMILES string of the molecule is Cn1ccnc1SCc1ccc(C(=O)N2CCCC2CN)o1. The number of aryl methyl sites for hydroxylation is 1. The first-order chi connectivity index (χ1) is 10.7. The highest BCUT2D eigenvalue weighted by Crippen LogP contribution is 2.24. The van der Waals surface area contributed by atoms with E-state index in [0.29, 0.717) is 18.1 Å². The zero-order chi connectivity index (χ0) is 15.5. The number of furan rings is 1. The molecule has 2 aromatic rings. The number of hydrogen-bond donors (Lipinski definition) is 1. The Labute approximate surface area is 133 Å². The summed E-state index contributed by atoms with van der Waals surface area (Å²) >= 11 is 1.58. The van der Waals surface area contributed by atoms with Crippen LogP contribution in [0, 0.1) is 0 Å². The summed E-state index contributed by atoms with van der Waals surface area (Å²) < 4.78 is 7.65. The molecular formula is C15H20N4O2S. The standard InChI is InChI=1S/C15H20N4O2S/c1-18-8-6-17-15(18)22-10-12-4-5-13(21-12)14(20)19-7-2-3-11(19)9-16/h4-6,8,11H,2-3,7,9-10,16H2,1H3. The number of carbonyl (C=O) groups excluding carboxylic acids is 1. The normalized spacial score (nSPS) is 18.1. The summed E-state index contributed by atoms with van der Waals surface area (Å²) in [7, 11) is 1.95. The first-order valence-electron chi connectivity index (χ1n) is 7.39. The molecule has 1 aliphatic rings. The predicted molar refractivity (Wildman–Crippen MR) is 84.6 cm³/mol. The van der Waals surface area contributed by atoms with Crippen molar-refractivity contribution in [1.82, 2.24) is 14.5 Å². The van der Waals surface area contributed by atoms with E-state index in [1.54, 1.807) is 24.0 Å². The van der Waals surface area contributed by atoms with Crippen molar-refractivity contribution in [1.29, 1.82) is 0 Å². The molecule has 1 amide bonds. The molecule has 0 radical (unpaired) electrons. The highest BCUT2D eigenvalue weighted by atomic mass is 32.2. The monoisotopic (exact) mass is 320 g/mol. The molecular weight excluding hydrogens is 300 g/mol. The van der Waals surface area contributed by atoms with Crippen molar-refractivity contribution in [3.63, 3.8) is 0 Å². The van der Waals surface area contributed by atoms with Crippen LogP contribution in [0.4, 0.5) is 0 Å². The molecule has 1 fully saturated rings. The van der Waals surface area contributed by atoms with E-state index >= 15 is 0 Å². The second-order valence-electron chi connectivity index (χ2n) is 5.41. The van der Waals surface area contributed by atoms with Gasteiger partial charge in [0.2, 0.25) is 0 Å². The van der Waals surface area contributed by atoms with E-state index in [1.807, 2.05) is 28.8 Å². The maximum absolute atomic E-state index is 12.5. The summed E-state index contributed by atoms with van der Waals surface area (Å²) in [4.78, 5) is 18.5. The zero-order valence-electron chi connectivity index (χ0n) is 12.6. The first kappa shape index (κ1) is 15.2. The van der Waals surface area contributed by atoms with E-state index in [1.165, 1.54) is 0 Å². The average Bonchev–Trinajstić information content (AvgIpc) is 3.25. The quantitative estimate of drug-likeness (QED) is 0.851. The summed E-state index contributed by atoms with van der Waals surface area (Å²) in [5.74, 6) is 1.77. The Bertz CT molecular complexity index is 652. The third-order valence-electron chi connectivity index (χ3n) is 3.90. The molecule has 0 saturated carbocycles. The smallest absolute Gasteiger partial charge is 0.289 e. The minimum Gasteiger partial charge on any atom is -0.455 e. The van der Waals surface area contributed by atoms with Gasteiger partial charge in [0.25, 0.3) is 5.91 Å². The van der Waals surface area contributed by atoms with E-state index in [4.69, 9.17) is 10.2 Å². The molecule has 22 heavy (non-hydrogen) atoms. The second kappa shape index (κ2) is 6.58. The molecule has 3 rings (SSSR count). The molecule has 1 saturated heterocycles. The number of hydrogen-bond acceptors (Lipinski definition) is 5. The van der Waals surface area contributed by atoms with E-state index in [9.17, 15) is 4.79 Å². The van der Waals surface area contributed by atoms with Gasteiger partial charge in [-0.3, -0.25) is 4.79 Å². The van der Waals surface area contributed by atoms with E-state index in [2.05, 4.69) is 4.98 Å². The molecule has 118 valence electrons. The Morgan fingerprint density at radius 3 is 3.14 bits per heavy atom. The molecule has 0 aliphatic carbocycles. The lowest BCUT2D eigenvalue weighted by atomic mass is 10.2. The van der Waals surface area contributed by atoms with Crippen LogP contribution in [0.5, 0.6) is 0 Å². The molecule has 3 heterocycles. The van der Waals surface area contributed by atoms with Gasteiger partial charge in [0.1, 0.15) is 5.76 Å². The van der Waals surface area contributed by atoms with E-state index < -0.39 is 0 Å². The largest absolute Gasteiger partial charge is 0.455 e. The third kappa shape index (κ3) is 3.05. The van der Waals surface area contributed by atoms with Gasteiger partial charge in [0.05, 0.1) is 5.75 Å². The number of nitrogens with zero attached hydrogens (tertiary/aromatic N) is 3. The van der Waals surface area contributed by atoms with Gasteiger partial charge in [-0.15, -0.1) is 0 Å². The molecule has 2 aromatic heterocycles. The Kier molecular flexibility index (Phi) is 4.54. The second-order valence-corrected chi connectivity index (χ2v) is 6.35. The van der Waals surface area contributed by atoms with Gasteiger partial charge in [-0.05, 0) is 25.0 Å². The Hall–Kier alpha value is -1.73. The van der Waals surface area contributed by atoms with Crippen LogP contribution in [0.15, 0.2) is 34.1 Å². The minimum absolute atomic E-state index is 0.0545. The Morgan fingerprint density at radius 1 is 1.55 bits per heavy atom. The van der Waals surface area contributed by atoms with Gasteiger partial charge >= 0.3 is 0 Å². The molecule has 1 atom stereocenters. The Balaban J connectivity index is 1.63. The van der Waals surface area contributed by atoms with Crippen LogP contribution in [0.25, 0.3) is 0 Å². The van der Waals surface area contributed by atoms with Crippen molar-refractivity contribution in [2.45, 2.75) is 29.8 Å². The fourth-order valence-electron chi connectivity index (χ4n) is 2.69. The summed E-state index contributed by atoms with van der Waals surface area (Å²) in [6.07, 6.45) is 5.65. The average molecular weight is 320 g/mol. The van der Waals surface area contributed by atoms with Crippen LogP contribution in [-0.4, -0.2) is 39.5 Å². The maximum atomic E-state index is 12.5. The number of amides is 1. The predicted octanol–water partition coefficient (Wildman–Crippen LogP) is 1.87. The molecule has 1 unspecified atom stereocenters. The lowest BCUT2D eigenvalue weighted by Crippen LogP contribution is -2.39. The maximum Gasteiger partial charge on any atom is 0.289 e. The van der Waals surface area contributed by atoms with Crippen molar-refractivity contribution < 1.29 is 9.21 Å². The van der Waals surface area contributed by atoms with Crippen LogP contribution >= 0.6 is 11.8 Å². The highest BCUT2D eigenvalue weighted by molar-refractivity contribution is 7.98. The number of imidazole rings is 1. The first-order valence-corrected chi connectivity index (χ1v) is 8.37. The van der Waals surface area contributed by atoms with Crippen molar-refractivity contribution in [2.24, 2.45) is 12.8 Å². The molecule has 2 N–H and O–H groups in total. The summed E-state index contributed by atoms with van der Waals surface area (Å²) in [5, 5.41) is 0.923. The number of carbonyl (C=O) groups is 1. The zero-order valence-corrected chi connectivity index (χ0v) is 13.4. The van der Waals surface area contributed by atoms with Crippen molar-refractivity contribution in [3.8, 4) is 0 Å². The fourth-order valence-corrected chi connectivity index (χ4v) is 3.51. The molecule has 1 aliphatic heterocycles. The Morgan fingerprint density at radius 2 is 2.41 bits per heavy atom. The van der Waals surface area contributed by atoms with Crippen LogP contribution in [-0.2, 0) is 12.8 Å². The molecule has 0 bridgehead atoms. The van der Waals surface area contributed by atoms with Gasteiger partial charge < -0.3 is 19.6 Å². The van der Waals surface area contributed by atoms with Gasteiger partial charge in [0, 0.05) is 38.6 Å². The fraction of sp³-hybridized carbons (Fsp3) is 0.467. The van der Waals surface area contributed by atoms with Crippen molar-refractivity contribution in [3.05, 3.63) is 36.0 Å². The lowest BCUT2D eigenvalue weighted by Gasteiger charge is -2.22. The number of likely N-dealkylation sites (tertiary alicyclic amines) is 1. The van der Waals surface area contributed by atoms with Crippen LogP contribution < -0.4 is 5.73 Å². The van der Waals surface area contributed by atoms with E-state index in [-0.39, 0.29) is 11.9 Å². The molecule has 0 spiro atoms. The lowest BCUT2D eigenvalue weighted by molar-refractivity contribution is 0.0707. The molecule has 0 aromatic carbocycles. The van der Waals surface area contributed by atoms with Crippen LogP contribution in [0.3, 0.4) is 0 Å². The van der Waals surface area contributed by atoms with Gasteiger partial charge in [0.15, 0.2) is 10.9 Å². The topological polar surface area (TPSA) is 77.3 Å². The van der Waals surface area contributed by atoms with Crippen LogP contribution in [0.1, 0.15) is 29.2 Å². The summed E-state index contributed by atoms with van der Waals surface area (Å²) in [6.45, 7) is 1.27. The van der Waals surface area contributed by atoms with Crippen molar-refractivity contribution in [2.75, 3.05) is 13.1 Å². The number of nitrogens with two attached hydrogens (primary N) is 1. The molecule has 6 nitrogen and oxygen atoms in total. The summed E-state index contributed by atoms with van der Waals surface area (Å²) in [6, 6.07) is 3.75. The number of rotatable bonds is 5. The number of aromatic nitrogens is 2. The highest BCUT2D eigenvalue weighted by Gasteiger charge is 2.29. The minimum atomic E-state index is -0.0545. The van der Waals surface area contributed by atoms with Gasteiger partial charge in [-0.1, -0.05) is 11.8 Å². The third-order valence-corrected chi connectivity index (χ3v) is 4.98. The molecule has 7 heteroatoms. The number of thioether (sulfide) groups is 1. The van der Waals surface area contributed by atoms with Crippen LogP contribution in [0.2, 0.25) is 0 Å². The van der Waals surface area contributed by atoms with E-state index in [0.717, 1.165) is 30.3 Å². The summed E-state index contributed by atoms with van der Waals surface area (Å²) in [5.41, 5.74) is 5.72. The van der Waals surface area contributed by atoms with Gasteiger partial charge in [-0.2, -0.15) is 0 Å².